The number of hydrogen-bond acceptors (Lipinski definition) is 4. The molecule has 2 amide bonds. The van der Waals surface area contributed by atoms with E-state index in [1.165, 1.54) is 0 Å². The van der Waals surface area contributed by atoms with Crippen LogP contribution in [0.25, 0.3) is 0 Å². The second-order valence-electron chi connectivity index (χ2n) is 4.37. The minimum absolute atomic E-state index is 0.327. The number of carbonyl (C=O) groups is 1. The van der Waals surface area contributed by atoms with Gasteiger partial charge in [-0.2, -0.15) is 0 Å². The van der Waals surface area contributed by atoms with Crippen LogP contribution < -0.4 is 15.4 Å². The smallest absolute Gasteiger partial charge is 0.319 e. The monoisotopic (exact) mass is 286 g/mol. The van der Waals surface area contributed by atoms with Gasteiger partial charge in [0, 0.05) is 11.9 Å². The highest BCUT2D eigenvalue weighted by molar-refractivity contribution is 5.90. The summed E-state index contributed by atoms with van der Waals surface area (Å²) in [7, 11) is 0. The van der Waals surface area contributed by atoms with Gasteiger partial charge in [0.1, 0.15) is 5.69 Å². The third-order valence-corrected chi connectivity index (χ3v) is 2.68. The highest BCUT2D eigenvalue weighted by Crippen LogP contribution is 2.20. The van der Waals surface area contributed by atoms with Crippen LogP contribution in [-0.4, -0.2) is 22.6 Å². The Labute approximate surface area is 123 Å². The van der Waals surface area contributed by atoms with Gasteiger partial charge in [-0.15, -0.1) is 0 Å². The van der Waals surface area contributed by atoms with Gasteiger partial charge in [0.25, 0.3) is 0 Å². The van der Waals surface area contributed by atoms with E-state index in [0.29, 0.717) is 24.7 Å². The molecule has 2 aromatic heterocycles. The van der Waals surface area contributed by atoms with Gasteiger partial charge in [0.2, 0.25) is 5.88 Å². The van der Waals surface area contributed by atoms with Crippen molar-refractivity contribution in [1.29, 1.82) is 0 Å². The molecule has 2 aromatic rings. The zero-order valence-corrected chi connectivity index (χ0v) is 12.1. The van der Waals surface area contributed by atoms with Crippen LogP contribution in [0.4, 0.5) is 10.5 Å². The predicted octanol–water partition coefficient (Wildman–Crippen LogP) is 2.51. The molecular weight excluding hydrogens is 268 g/mol. The fourth-order valence-corrected chi connectivity index (χ4v) is 1.77. The second-order valence-corrected chi connectivity index (χ2v) is 4.37. The molecule has 0 bridgehead atoms. The molecule has 0 aliphatic heterocycles. The molecule has 0 fully saturated rings. The van der Waals surface area contributed by atoms with E-state index in [4.69, 9.17) is 4.74 Å². The number of anilines is 1. The van der Waals surface area contributed by atoms with E-state index in [2.05, 4.69) is 20.6 Å². The maximum atomic E-state index is 11.9. The van der Waals surface area contributed by atoms with Crippen LogP contribution in [0.5, 0.6) is 5.88 Å². The van der Waals surface area contributed by atoms with E-state index in [9.17, 15) is 4.79 Å². The van der Waals surface area contributed by atoms with E-state index in [1.54, 1.807) is 18.3 Å². The lowest BCUT2D eigenvalue weighted by Crippen LogP contribution is -2.28. The molecule has 0 radical (unpaired) electrons. The van der Waals surface area contributed by atoms with Crippen molar-refractivity contribution in [3.05, 3.63) is 47.9 Å². The first-order chi connectivity index (χ1) is 10.2. The number of ether oxygens (including phenoxy) is 1. The number of hydrogen-bond donors (Lipinski definition) is 2. The summed E-state index contributed by atoms with van der Waals surface area (Å²) in [6, 6.07) is 8.83. The van der Waals surface area contributed by atoms with E-state index < -0.39 is 0 Å². The van der Waals surface area contributed by atoms with Crippen molar-refractivity contribution in [2.45, 2.75) is 20.4 Å². The summed E-state index contributed by atoms with van der Waals surface area (Å²) < 4.78 is 5.35. The molecule has 6 nitrogen and oxygen atoms in total. The van der Waals surface area contributed by atoms with Crippen LogP contribution in [0.1, 0.15) is 18.3 Å². The molecule has 2 N–H and O–H groups in total. The molecule has 110 valence electrons. The predicted molar refractivity (Wildman–Crippen MR) is 80.2 cm³/mol. The first-order valence-corrected chi connectivity index (χ1v) is 6.74. The first kappa shape index (κ1) is 14.8. The van der Waals surface area contributed by atoms with Crippen molar-refractivity contribution in [2.24, 2.45) is 0 Å². The lowest BCUT2D eigenvalue weighted by Gasteiger charge is -2.11. The summed E-state index contributed by atoms with van der Waals surface area (Å²) >= 11 is 0. The van der Waals surface area contributed by atoms with Crippen LogP contribution in [0.2, 0.25) is 0 Å². The summed E-state index contributed by atoms with van der Waals surface area (Å²) in [6.45, 7) is 4.62. The van der Waals surface area contributed by atoms with Crippen molar-refractivity contribution in [3.8, 4) is 5.88 Å². The van der Waals surface area contributed by atoms with Crippen molar-refractivity contribution in [2.75, 3.05) is 11.9 Å². The fourth-order valence-electron chi connectivity index (χ4n) is 1.77. The minimum Gasteiger partial charge on any atom is -0.476 e. The number of nitrogens with one attached hydrogen (secondary N) is 2. The maximum absolute atomic E-state index is 11.9. The number of urea groups is 1. The SMILES string of the molecule is CCOc1ncccc1NC(=O)NCc1cccc(C)n1. The largest absolute Gasteiger partial charge is 0.476 e. The lowest BCUT2D eigenvalue weighted by molar-refractivity contribution is 0.251. The molecule has 2 heterocycles. The minimum atomic E-state index is -0.327. The normalized spacial score (nSPS) is 10.0. The standard InChI is InChI=1S/C15H18N4O2/c1-3-21-14-13(8-5-9-16-14)19-15(20)17-10-12-7-4-6-11(2)18-12/h4-9H,3,10H2,1-2H3,(H2,17,19,20). The summed E-state index contributed by atoms with van der Waals surface area (Å²) in [5.41, 5.74) is 2.26. The molecule has 21 heavy (non-hydrogen) atoms. The van der Waals surface area contributed by atoms with Gasteiger partial charge in [-0.3, -0.25) is 4.98 Å². The fraction of sp³-hybridized carbons (Fsp3) is 0.267. The summed E-state index contributed by atoms with van der Waals surface area (Å²) in [6.07, 6.45) is 1.62. The van der Waals surface area contributed by atoms with Crippen molar-refractivity contribution in [1.82, 2.24) is 15.3 Å². The molecular formula is C15H18N4O2. The van der Waals surface area contributed by atoms with Gasteiger partial charge >= 0.3 is 6.03 Å². The molecule has 0 unspecified atom stereocenters. The van der Waals surface area contributed by atoms with Crippen LogP contribution >= 0.6 is 0 Å². The average molecular weight is 286 g/mol. The zero-order chi connectivity index (χ0) is 15.1. The van der Waals surface area contributed by atoms with E-state index in [0.717, 1.165) is 11.4 Å². The van der Waals surface area contributed by atoms with Crippen LogP contribution in [0.15, 0.2) is 36.5 Å². The molecule has 2 rings (SSSR count). The van der Waals surface area contributed by atoms with Gasteiger partial charge in [0.15, 0.2) is 0 Å². The molecule has 0 aliphatic carbocycles. The van der Waals surface area contributed by atoms with Crippen LogP contribution in [0.3, 0.4) is 0 Å². The Morgan fingerprint density at radius 2 is 2.14 bits per heavy atom. The number of pyridine rings is 2. The summed E-state index contributed by atoms with van der Waals surface area (Å²) in [4.78, 5) is 20.3. The third-order valence-electron chi connectivity index (χ3n) is 2.68. The van der Waals surface area contributed by atoms with Crippen LogP contribution in [-0.2, 0) is 6.54 Å². The highest BCUT2D eigenvalue weighted by atomic mass is 16.5. The molecule has 0 aromatic carbocycles. The van der Waals surface area contributed by atoms with Crippen molar-refractivity contribution in [3.63, 3.8) is 0 Å². The molecule has 0 aliphatic rings. The number of nitrogens with zero attached hydrogens (tertiary/aromatic N) is 2. The number of aromatic nitrogens is 2. The van der Waals surface area contributed by atoms with Gasteiger partial charge in [-0.05, 0) is 38.1 Å². The lowest BCUT2D eigenvalue weighted by atomic mass is 10.3. The molecule has 6 heteroatoms. The Balaban J connectivity index is 1.93. The Morgan fingerprint density at radius 3 is 2.90 bits per heavy atom. The highest BCUT2D eigenvalue weighted by Gasteiger charge is 2.08. The van der Waals surface area contributed by atoms with Crippen LogP contribution in [0, 0.1) is 6.92 Å². The van der Waals surface area contributed by atoms with Gasteiger partial charge in [-0.25, -0.2) is 9.78 Å². The molecule has 0 saturated heterocycles. The van der Waals surface area contributed by atoms with Gasteiger partial charge < -0.3 is 15.4 Å². The number of amides is 2. The first-order valence-electron chi connectivity index (χ1n) is 6.74. The van der Waals surface area contributed by atoms with Crippen molar-refractivity contribution < 1.29 is 9.53 Å². The average Bonchev–Trinajstić information content (AvgIpc) is 2.48. The molecule has 0 atom stereocenters. The van der Waals surface area contributed by atoms with Gasteiger partial charge in [-0.1, -0.05) is 6.07 Å². The molecule has 0 saturated carbocycles. The maximum Gasteiger partial charge on any atom is 0.319 e. The summed E-state index contributed by atoms with van der Waals surface area (Å²) in [5, 5.41) is 5.46. The summed E-state index contributed by atoms with van der Waals surface area (Å²) in [5.74, 6) is 0.406. The van der Waals surface area contributed by atoms with E-state index in [-0.39, 0.29) is 6.03 Å². The Morgan fingerprint density at radius 1 is 1.29 bits per heavy atom. The third kappa shape index (κ3) is 4.45. The topological polar surface area (TPSA) is 76.1 Å². The quantitative estimate of drug-likeness (QED) is 0.885. The molecule has 0 spiro atoms. The zero-order valence-electron chi connectivity index (χ0n) is 12.1. The number of rotatable bonds is 5. The Hall–Kier alpha value is -2.63. The second kappa shape index (κ2) is 7.23. The van der Waals surface area contributed by atoms with E-state index >= 15 is 0 Å². The number of carbonyl (C=O) groups excluding carboxylic acids is 1. The van der Waals surface area contributed by atoms with E-state index in [1.807, 2.05) is 32.0 Å². The number of aryl methyl sites for hydroxylation is 1. The Bertz CT molecular complexity index is 616. The van der Waals surface area contributed by atoms with Gasteiger partial charge in [0.05, 0.1) is 18.8 Å². The Kier molecular flexibility index (Phi) is 5.09. The van der Waals surface area contributed by atoms with Crippen molar-refractivity contribution >= 4 is 11.7 Å².